The van der Waals surface area contributed by atoms with Gasteiger partial charge in [-0.1, -0.05) is 13.8 Å². The van der Waals surface area contributed by atoms with Gasteiger partial charge in [0.2, 0.25) is 0 Å². The van der Waals surface area contributed by atoms with Gasteiger partial charge in [0.25, 0.3) is 0 Å². The summed E-state index contributed by atoms with van der Waals surface area (Å²) in [6.07, 6.45) is 5.25. The molecule has 2 rings (SSSR count). The van der Waals surface area contributed by atoms with Crippen molar-refractivity contribution in [3.8, 4) is 0 Å². The highest BCUT2D eigenvalue weighted by Crippen LogP contribution is 2.19. The van der Waals surface area contributed by atoms with Gasteiger partial charge in [-0.15, -0.1) is 0 Å². The molecule has 4 heteroatoms. The normalized spacial score (nSPS) is 21.6. The van der Waals surface area contributed by atoms with Gasteiger partial charge in [0.1, 0.15) is 0 Å². The van der Waals surface area contributed by atoms with E-state index in [0.717, 1.165) is 13.1 Å². The maximum Gasteiger partial charge on any atom is 0.0752 e. The molecule has 0 spiro atoms. The number of nitrogens with zero attached hydrogens (tertiary/aromatic N) is 3. The van der Waals surface area contributed by atoms with Gasteiger partial charge in [-0.25, -0.2) is 0 Å². The number of nitrogens with one attached hydrogen (secondary N) is 1. The van der Waals surface area contributed by atoms with Gasteiger partial charge in [0.05, 0.1) is 11.9 Å². The molecule has 1 unspecified atom stereocenters. The Morgan fingerprint density at radius 3 is 2.93 bits per heavy atom. The fourth-order valence-corrected chi connectivity index (χ4v) is 2.17. The Morgan fingerprint density at radius 2 is 2.33 bits per heavy atom. The molecule has 15 heavy (non-hydrogen) atoms. The van der Waals surface area contributed by atoms with Crippen LogP contribution in [0.25, 0.3) is 0 Å². The van der Waals surface area contributed by atoms with Gasteiger partial charge in [-0.3, -0.25) is 4.68 Å². The van der Waals surface area contributed by atoms with Crippen molar-refractivity contribution >= 4 is 5.69 Å². The summed E-state index contributed by atoms with van der Waals surface area (Å²) < 4.78 is 1.86. The average Bonchev–Trinajstić information content (AvgIpc) is 2.72. The summed E-state index contributed by atoms with van der Waals surface area (Å²) in [4.78, 5) is 2.40. The highest BCUT2D eigenvalue weighted by molar-refractivity contribution is 5.43. The zero-order valence-electron chi connectivity index (χ0n) is 9.77. The highest BCUT2D eigenvalue weighted by atomic mass is 15.3. The molecule has 1 aromatic rings. The van der Waals surface area contributed by atoms with E-state index in [-0.39, 0.29) is 0 Å². The van der Waals surface area contributed by atoms with Crippen LogP contribution in [-0.4, -0.2) is 35.0 Å². The molecule has 0 radical (unpaired) electrons. The Hall–Kier alpha value is -1.03. The summed E-state index contributed by atoms with van der Waals surface area (Å²) in [5, 5.41) is 7.78. The van der Waals surface area contributed by atoms with Crippen LogP contribution in [0.4, 0.5) is 5.69 Å². The van der Waals surface area contributed by atoms with Crippen molar-refractivity contribution < 1.29 is 0 Å². The SMILES string of the molecule is CC(C)NC1CCN(c2cnn(C)c2)C1. The first-order valence-corrected chi connectivity index (χ1v) is 5.65. The Kier molecular flexibility index (Phi) is 2.95. The molecule has 2 heterocycles. The lowest BCUT2D eigenvalue weighted by molar-refractivity contribution is 0.492. The number of anilines is 1. The van der Waals surface area contributed by atoms with Crippen LogP contribution < -0.4 is 10.2 Å². The lowest BCUT2D eigenvalue weighted by Crippen LogP contribution is -2.36. The standard InChI is InChI=1S/C11H20N4/c1-9(2)13-10-4-5-15(7-10)11-6-12-14(3)8-11/h6,8-10,13H,4-5,7H2,1-3H3. The summed E-state index contributed by atoms with van der Waals surface area (Å²) in [5.74, 6) is 0. The molecule has 1 aliphatic rings. The van der Waals surface area contributed by atoms with Gasteiger partial charge >= 0.3 is 0 Å². The third-order valence-corrected chi connectivity index (χ3v) is 2.81. The molecule has 1 aliphatic heterocycles. The summed E-state index contributed by atoms with van der Waals surface area (Å²) in [7, 11) is 1.96. The molecule has 4 nitrogen and oxygen atoms in total. The van der Waals surface area contributed by atoms with Crippen LogP contribution in [-0.2, 0) is 7.05 Å². The van der Waals surface area contributed by atoms with Crippen LogP contribution in [0, 0.1) is 0 Å². The predicted octanol–water partition coefficient (Wildman–Crippen LogP) is 0.997. The van der Waals surface area contributed by atoms with Gasteiger partial charge < -0.3 is 10.2 Å². The lowest BCUT2D eigenvalue weighted by atomic mass is 10.2. The van der Waals surface area contributed by atoms with E-state index in [1.54, 1.807) is 0 Å². The third kappa shape index (κ3) is 2.50. The van der Waals surface area contributed by atoms with Crippen molar-refractivity contribution in [3.63, 3.8) is 0 Å². The second-order valence-electron chi connectivity index (χ2n) is 4.63. The van der Waals surface area contributed by atoms with Crippen LogP contribution in [0.2, 0.25) is 0 Å². The smallest absolute Gasteiger partial charge is 0.0752 e. The summed E-state index contributed by atoms with van der Waals surface area (Å²) in [6.45, 7) is 6.64. The Labute approximate surface area is 91.3 Å². The van der Waals surface area contributed by atoms with Crippen LogP contribution in [0.3, 0.4) is 0 Å². The van der Waals surface area contributed by atoms with Crippen molar-refractivity contribution in [2.45, 2.75) is 32.4 Å². The monoisotopic (exact) mass is 208 g/mol. The molecule has 0 aromatic carbocycles. The lowest BCUT2D eigenvalue weighted by Gasteiger charge is -2.18. The Morgan fingerprint density at radius 1 is 1.53 bits per heavy atom. The fraction of sp³-hybridized carbons (Fsp3) is 0.727. The number of hydrogen-bond donors (Lipinski definition) is 1. The highest BCUT2D eigenvalue weighted by Gasteiger charge is 2.23. The zero-order chi connectivity index (χ0) is 10.8. The third-order valence-electron chi connectivity index (χ3n) is 2.81. The van der Waals surface area contributed by atoms with E-state index in [9.17, 15) is 0 Å². The Bertz CT molecular complexity index is 318. The number of hydrogen-bond acceptors (Lipinski definition) is 3. The van der Waals surface area contributed by atoms with Crippen molar-refractivity contribution in [3.05, 3.63) is 12.4 Å². The van der Waals surface area contributed by atoms with Crippen LogP contribution in [0.15, 0.2) is 12.4 Å². The molecule has 1 fully saturated rings. The first-order chi connectivity index (χ1) is 7.15. The second kappa shape index (κ2) is 4.23. The topological polar surface area (TPSA) is 33.1 Å². The minimum absolute atomic E-state index is 0.573. The van der Waals surface area contributed by atoms with E-state index in [2.05, 4.69) is 35.4 Å². The summed E-state index contributed by atoms with van der Waals surface area (Å²) >= 11 is 0. The molecule has 1 atom stereocenters. The van der Waals surface area contributed by atoms with E-state index in [1.807, 2.05) is 17.9 Å². The predicted molar refractivity (Wildman–Crippen MR) is 62.1 cm³/mol. The Balaban J connectivity index is 1.92. The molecule has 1 aromatic heterocycles. The van der Waals surface area contributed by atoms with E-state index in [0.29, 0.717) is 12.1 Å². The van der Waals surface area contributed by atoms with Crippen LogP contribution >= 0.6 is 0 Å². The van der Waals surface area contributed by atoms with Crippen molar-refractivity contribution in [1.82, 2.24) is 15.1 Å². The van der Waals surface area contributed by atoms with Crippen molar-refractivity contribution in [2.24, 2.45) is 7.05 Å². The van der Waals surface area contributed by atoms with Gasteiger partial charge in [0, 0.05) is 38.4 Å². The van der Waals surface area contributed by atoms with E-state index >= 15 is 0 Å². The van der Waals surface area contributed by atoms with E-state index < -0.39 is 0 Å². The first kappa shape index (κ1) is 10.5. The fourth-order valence-electron chi connectivity index (χ4n) is 2.17. The van der Waals surface area contributed by atoms with Gasteiger partial charge in [0.15, 0.2) is 0 Å². The van der Waals surface area contributed by atoms with E-state index in [1.165, 1.54) is 12.1 Å². The minimum atomic E-state index is 0.573. The average molecular weight is 208 g/mol. The molecule has 1 N–H and O–H groups in total. The number of aryl methyl sites for hydroxylation is 1. The van der Waals surface area contributed by atoms with Crippen LogP contribution in [0.1, 0.15) is 20.3 Å². The molecule has 84 valence electrons. The molecular formula is C11H20N4. The zero-order valence-corrected chi connectivity index (χ0v) is 9.77. The minimum Gasteiger partial charge on any atom is -0.367 e. The molecule has 0 bridgehead atoms. The van der Waals surface area contributed by atoms with Gasteiger partial charge in [-0.2, -0.15) is 5.10 Å². The number of rotatable bonds is 3. The maximum atomic E-state index is 4.20. The molecular weight excluding hydrogens is 188 g/mol. The van der Waals surface area contributed by atoms with Gasteiger partial charge in [-0.05, 0) is 6.42 Å². The summed E-state index contributed by atoms with van der Waals surface area (Å²) in [6, 6.07) is 1.20. The second-order valence-corrected chi connectivity index (χ2v) is 4.63. The molecule has 1 saturated heterocycles. The van der Waals surface area contributed by atoms with Crippen molar-refractivity contribution in [2.75, 3.05) is 18.0 Å². The molecule has 0 saturated carbocycles. The largest absolute Gasteiger partial charge is 0.367 e. The maximum absolute atomic E-state index is 4.20. The molecule has 0 amide bonds. The van der Waals surface area contributed by atoms with Crippen molar-refractivity contribution in [1.29, 1.82) is 0 Å². The van der Waals surface area contributed by atoms with E-state index in [4.69, 9.17) is 0 Å². The quantitative estimate of drug-likeness (QED) is 0.804. The van der Waals surface area contributed by atoms with Crippen LogP contribution in [0.5, 0.6) is 0 Å². The molecule has 0 aliphatic carbocycles. The number of aromatic nitrogens is 2. The first-order valence-electron chi connectivity index (χ1n) is 5.65. The summed E-state index contributed by atoms with van der Waals surface area (Å²) in [5.41, 5.74) is 1.24.